The summed E-state index contributed by atoms with van der Waals surface area (Å²) in [6.07, 6.45) is 7.14. The van der Waals surface area contributed by atoms with Crippen molar-refractivity contribution in [3.05, 3.63) is 29.5 Å². The topological polar surface area (TPSA) is 37.4 Å². The second-order valence-electron chi connectivity index (χ2n) is 7.72. The number of ether oxygens (including phenoxy) is 1. The van der Waals surface area contributed by atoms with Crippen LogP contribution in [0.1, 0.15) is 57.7 Å². The molecule has 148 valence electrons. The van der Waals surface area contributed by atoms with E-state index in [1.54, 1.807) is 7.11 Å². The Hall–Kier alpha value is -1.81. The van der Waals surface area contributed by atoms with Gasteiger partial charge < -0.3 is 15.0 Å². The third kappa shape index (κ3) is 4.73. The van der Waals surface area contributed by atoms with Crippen molar-refractivity contribution >= 4 is 16.6 Å². The van der Waals surface area contributed by atoms with Gasteiger partial charge in [0.05, 0.1) is 12.6 Å². The van der Waals surface area contributed by atoms with Gasteiger partial charge >= 0.3 is 0 Å². The van der Waals surface area contributed by atoms with Crippen LogP contribution in [0.2, 0.25) is 0 Å². The van der Waals surface area contributed by atoms with Crippen molar-refractivity contribution in [3.63, 3.8) is 0 Å². The average molecular weight is 370 g/mol. The first-order valence-electron chi connectivity index (χ1n) is 10.6. The Balaban J connectivity index is 1.83. The fourth-order valence-corrected chi connectivity index (χ4v) is 4.17. The summed E-state index contributed by atoms with van der Waals surface area (Å²) in [5, 5.41) is 5.06. The molecule has 1 aromatic carbocycles. The zero-order chi connectivity index (χ0) is 19.2. The van der Waals surface area contributed by atoms with Crippen molar-refractivity contribution in [2.75, 3.05) is 32.1 Å². The predicted octanol–water partition coefficient (Wildman–Crippen LogP) is 5.04. The molecule has 1 aliphatic carbocycles. The lowest BCUT2D eigenvalue weighted by Crippen LogP contribution is -2.26. The Labute approximate surface area is 164 Å². The van der Waals surface area contributed by atoms with Crippen molar-refractivity contribution in [2.45, 2.75) is 65.3 Å². The molecular weight excluding hydrogens is 334 g/mol. The maximum atomic E-state index is 5.48. The molecule has 0 fully saturated rings. The predicted molar refractivity (Wildman–Crippen MR) is 115 cm³/mol. The van der Waals surface area contributed by atoms with Gasteiger partial charge in [-0.3, -0.25) is 4.98 Å². The number of benzene rings is 1. The van der Waals surface area contributed by atoms with Crippen molar-refractivity contribution in [3.8, 4) is 5.75 Å². The van der Waals surface area contributed by atoms with E-state index in [9.17, 15) is 0 Å². The molecule has 2 aromatic rings. The number of pyridine rings is 1. The minimum atomic E-state index is 0.448. The van der Waals surface area contributed by atoms with Crippen molar-refractivity contribution in [2.24, 2.45) is 0 Å². The summed E-state index contributed by atoms with van der Waals surface area (Å²) in [6.45, 7) is 10.3. The van der Waals surface area contributed by atoms with Crippen LogP contribution in [0, 0.1) is 0 Å². The molecule has 3 rings (SSSR count). The first kappa shape index (κ1) is 19.9. The normalized spacial score (nSPS) is 15.0. The van der Waals surface area contributed by atoms with Crippen LogP contribution in [0.25, 0.3) is 10.9 Å². The summed E-state index contributed by atoms with van der Waals surface area (Å²) in [5.41, 5.74) is 5.09. The molecule has 1 aromatic heterocycles. The molecule has 27 heavy (non-hydrogen) atoms. The van der Waals surface area contributed by atoms with Crippen LogP contribution in [-0.2, 0) is 12.8 Å². The van der Waals surface area contributed by atoms with Gasteiger partial charge in [-0.15, -0.1) is 0 Å². The van der Waals surface area contributed by atoms with Gasteiger partial charge in [-0.05, 0) is 88.8 Å². The summed E-state index contributed by atoms with van der Waals surface area (Å²) in [4.78, 5) is 7.47. The number of aryl methyl sites for hydroxylation is 1. The van der Waals surface area contributed by atoms with E-state index in [1.807, 2.05) is 6.07 Å². The minimum absolute atomic E-state index is 0.448. The highest BCUT2D eigenvalue weighted by Gasteiger charge is 2.19. The Bertz CT molecular complexity index is 755. The number of methoxy groups -OCH3 is 1. The van der Waals surface area contributed by atoms with E-state index in [1.165, 1.54) is 54.6 Å². The van der Waals surface area contributed by atoms with E-state index in [-0.39, 0.29) is 0 Å². The first-order chi connectivity index (χ1) is 13.2. The highest BCUT2D eigenvalue weighted by molar-refractivity contribution is 5.94. The van der Waals surface area contributed by atoms with Crippen LogP contribution in [0.15, 0.2) is 18.2 Å². The number of rotatable bonds is 9. The molecule has 0 aliphatic heterocycles. The summed E-state index contributed by atoms with van der Waals surface area (Å²) >= 11 is 0. The quantitative estimate of drug-likeness (QED) is 0.671. The molecule has 0 spiro atoms. The molecule has 1 atom stereocenters. The lowest BCUT2D eigenvalue weighted by atomic mass is 9.92. The number of nitrogens with one attached hydrogen (secondary N) is 1. The van der Waals surface area contributed by atoms with E-state index in [4.69, 9.17) is 9.72 Å². The Morgan fingerprint density at radius 2 is 1.96 bits per heavy atom. The second-order valence-corrected chi connectivity index (χ2v) is 7.72. The molecule has 0 saturated heterocycles. The summed E-state index contributed by atoms with van der Waals surface area (Å²) in [6, 6.07) is 6.70. The molecule has 1 N–H and O–H groups in total. The zero-order valence-electron chi connectivity index (χ0n) is 17.5. The molecule has 4 heteroatoms. The molecule has 0 radical (unpaired) electrons. The number of aromatic nitrogens is 1. The van der Waals surface area contributed by atoms with Gasteiger partial charge in [-0.1, -0.05) is 13.8 Å². The number of hydrogen-bond donors (Lipinski definition) is 1. The van der Waals surface area contributed by atoms with Gasteiger partial charge in [-0.2, -0.15) is 0 Å². The van der Waals surface area contributed by atoms with Gasteiger partial charge in [0.2, 0.25) is 0 Å². The summed E-state index contributed by atoms with van der Waals surface area (Å²) in [5.74, 6) is 0.900. The van der Waals surface area contributed by atoms with Crippen molar-refractivity contribution in [1.29, 1.82) is 0 Å². The molecule has 1 heterocycles. The van der Waals surface area contributed by atoms with Gasteiger partial charge in [0.15, 0.2) is 0 Å². The van der Waals surface area contributed by atoms with Gasteiger partial charge in [0.25, 0.3) is 0 Å². The fourth-order valence-electron chi connectivity index (χ4n) is 4.17. The minimum Gasteiger partial charge on any atom is -0.497 e. The lowest BCUT2D eigenvalue weighted by Gasteiger charge is -2.25. The monoisotopic (exact) mass is 369 g/mol. The van der Waals surface area contributed by atoms with Crippen LogP contribution in [-0.4, -0.2) is 42.7 Å². The highest BCUT2D eigenvalue weighted by Crippen LogP contribution is 2.35. The van der Waals surface area contributed by atoms with Gasteiger partial charge in [0.1, 0.15) is 5.75 Å². The van der Waals surface area contributed by atoms with E-state index < -0.39 is 0 Å². The van der Waals surface area contributed by atoms with Crippen LogP contribution in [0.4, 0.5) is 5.69 Å². The number of nitrogens with zero attached hydrogens (tertiary/aromatic N) is 2. The summed E-state index contributed by atoms with van der Waals surface area (Å²) in [7, 11) is 1.73. The zero-order valence-corrected chi connectivity index (χ0v) is 17.5. The van der Waals surface area contributed by atoms with Gasteiger partial charge in [-0.25, -0.2) is 0 Å². The average Bonchev–Trinajstić information content (AvgIpc) is 2.70. The van der Waals surface area contributed by atoms with Crippen molar-refractivity contribution < 1.29 is 4.74 Å². The van der Waals surface area contributed by atoms with Crippen LogP contribution in [0.3, 0.4) is 0 Å². The standard InChI is InChI=1S/C23H35N3O/c1-5-26(6-2)15-9-10-17(3)24-23-19-11-7-8-12-21(19)25-22-14-13-18(27-4)16-20(22)23/h13-14,16-17H,5-12,15H2,1-4H3,(H,24,25)/t17-/m1/s1. The fraction of sp³-hybridized carbons (Fsp3) is 0.609. The SMILES string of the molecule is CCN(CC)CCC[C@@H](C)Nc1c2c(nc3ccc(OC)cc13)CCCC2. The smallest absolute Gasteiger partial charge is 0.119 e. The van der Waals surface area contributed by atoms with E-state index in [0.717, 1.165) is 37.2 Å². The number of anilines is 1. The lowest BCUT2D eigenvalue weighted by molar-refractivity contribution is 0.295. The summed E-state index contributed by atoms with van der Waals surface area (Å²) < 4.78 is 5.48. The molecule has 1 aliphatic rings. The van der Waals surface area contributed by atoms with Gasteiger partial charge in [0, 0.05) is 22.8 Å². The Morgan fingerprint density at radius 1 is 1.19 bits per heavy atom. The molecular formula is C23H35N3O. The third-order valence-corrected chi connectivity index (χ3v) is 5.87. The molecule has 0 bridgehead atoms. The first-order valence-corrected chi connectivity index (χ1v) is 10.6. The number of hydrogen-bond acceptors (Lipinski definition) is 4. The molecule has 0 amide bonds. The maximum absolute atomic E-state index is 5.48. The van der Waals surface area contributed by atoms with E-state index in [0.29, 0.717) is 6.04 Å². The largest absolute Gasteiger partial charge is 0.497 e. The second kappa shape index (κ2) is 9.41. The maximum Gasteiger partial charge on any atom is 0.119 e. The van der Waals surface area contributed by atoms with E-state index in [2.05, 4.69) is 43.1 Å². The van der Waals surface area contributed by atoms with Crippen LogP contribution >= 0.6 is 0 Å². The van der Waals surface area contributed by atoms with E-state index >= 15 is 0 Å². The molecule has 0 unspecified atom stereocenters. The van der Waals surface area contributed by atoms with Crippen molar-refractivity contribution in [1.82, 2.24) is 9.88 Å². The highest BCUT2D eigenvalue weighted by atomic mass is 16.5. The Kier molecular flexibility index (Phi) is 6.95. The number of fused-ring (bicyclic) bond motifs is 2. The molecule has 4 nitrogen and oxygen atoms in total. The Morgan fingerprint density at radius 3 is 2.70 bits per heavy atom. The molecule has 0 saturated carbocycles. The van der Waals surface area contributed by atoms with Crippen LogP contribution in [0.5, 0.6) is 5.75 Å². The third-order valence-electron chi connectivity index (χ3n) is 5.87. The van der Waals surface area contributed by atoms with Crippen LogP contribution < -0.4 is 10.1 Å².